The summed E-state index contributed by atoms with van der Waals surface area (Å²) in [7, 11) is 3.25. The number of hydrogen-bond acceptors (Lipinski definition) is 5. The molecule has 0 radical (unpaired) electrons. The molecule has 1 aromatic heterocycles. The van der Waals surface area contributed by atoms with Gasteiger partial charge in [0.1, 0.15) is 17.3 Å². The monoisotopic (exact) mass is 262 g/mol. The predicted octanol–water partition coefficient (Wildman–Crippen LogP) is 2.92. The molecule has 0 aliphatic rings. The Labute approximate surface area is 112 Å². The van der Waals surface area contributed by atoms with Gasteiger partial charge in [-0.3, -0.25) is 0 Å². The number of hydrogen-bond donors (Lipinski definition) is 1. The van der Waals surface area contributed by atoms with Crippen LogP contribution < -0.4 is 14.8 Å². The predicted molar refractivity (Wildman–Crippen MR) is 72.8 cm³/mol. The first-order valence-electron chi connectivity index (χ1n) is 6.03. The number of oxazole rings is 1. The van der Waals surface area contributed by atoms with Gasteiger partial charge in [0.05, 0.1) is 32.1 Å². The van der Waals surface area contributed by atoms with Gasteiger partial charge in [-0.05, 0) is 26.0 Å². The van der Waals surface area contributed by atoms with Gasteiger partial charge in [0.2, 0.25) is 5.89 Å². The molecule has 0 saturated carbocycles. The number of methoxy groups -OCH3 is 2. The average Bonchev–Trinajstić information content (AvgIpc) is 2.75. The molecule has 0 aliphatic carbocycles. The standard InChI is InChI=1S/C14H18N2O3/c1-9-10(2)19-14(16-9)8-15-12-6-5-11(17-3)7-13(12)18-4/h5-7,15H,8H2,1-4H3. The van der Waals surface area contributed by atoms with E-state index in [4.69, 9.17) is 13.9 Å². The highest BCUT2D eigenvalue weighted by molar-refractivity contribution is 5.59. The van der Waals surface area contributed by atoms with Crippen LogP contribution in [0.1, 0.15) is 17.3 Å². The summed E-state index contributed by atoms with van der Waals surface area (Å²) in [6.07, 6.45) is 0. The highest BCUT2D eigenvalue weighted by Crippen LogP contribution is 2.29. The fourth-order valence-corrected chi connectivity index (χ4v) is 1.73. The molecular formula is C14H18N2O3. The number of rotatable bonds is 5. The summed E-state index contributed by atoms with van der Waals surface area (Å²) in [6, 6.07) is 5.60. The fraction of sp³-hybridized carbons (Fsp3) is 0.357. The molecule has 2 rings (SSSR count). The largest absolute Gasteiger partial charge is 0.497 e. The van der Waals surface area contributed by atoms with E-state index >= 15 is 0 Å². The third kappa shape index (κ3) is 2.99. The maximum absolute atomic E-state index is 5.52. The maximum Gasteiger partial charge on any atom is 0.213 e. The number of aromatic nitrogens is 1. The molecule has 0 atom stereocenters. The first kappa shape index (κ1) is 13.3. The van der Waals surface area contributed by atoms with Crippen molar-refractivity contribution in [2.24, 2.45) is 0 Å². The Balaban J connectivity index is 2.10. The van der Waals surface area contributed by atoms with Crippen LogP contribution in [0.3, 0.4) is 0 Å². The van der Waals surface area contributed by atoms with Crippen LogP contribution in [0.4, 0.5) is 5.69 Å². The average molecular weight is 262 g/mol. The molecule has 1 aromatic carbocycles. The van der Waals surface area contributed by atoms with E-state index in [9.17, 15) is 0 Å². The minimum absolute atomic E-state index is 0.511. The van der Waals surface area contributed by atoms with Crippen molar-refractivity contribution in [3.63, 3.8) is 0 Å². The molecule has 1 N–H and O–H groups in total. The van der Waals surface area contributed by atoms with Gasteiger partial charge in [0, 0.05) is 6.07 Å². The number of anilines is 1. The Kier molecular flexibility index (Phi) is 3.94. The van der Waals surface area contributed by atoms with Crippen molar-refractivity contribution in [2.75, 3.05) is 19.5 Å². The van der Waals surface area contributed by atoms with Crippen LogP contribution in [-0.2, 0) is 6.54 Å². The molecule has 0 saturated heterocycles. The van der Waals surface area contributed by atoms with Gasteiger partial charge >= 0.3 is 0 Å². The summed E-state index contributed by atoms with van der Waals surface area (Å²) < 4.78 is 16.0. The van der Waals surface area contributed by atoms with Crippen molar-refractivity contribution < 1.29 is 13.9 Å². The van der Waals surface area contributed by atoms with Gasteiger partial charge < -0.3 is 19.2 Å². The Morgan fingerprint density at radius 1 is 1.21 bits per heavy atom. The first-order chi connectivity index (χ1) is 9.13. The topological polar surface area (TPSA) is 56.5 Å². The van der Waals surface area contributed by atoms with E-state index in [0.29, 0.717) is 12.4 Å². The van der Waals surface area contributed by atoms with Crippen LogP contribution in [0.25, 0.3) is 0 Å². The molecular weight excluding hydrogens is 244 g/mol. The van der Waals surface area contributed by atoms with Crippen molar-refractivity contribution in [2.45, 2.75) is 20.4 Å². The summed E-state index contributed by atoms with van der Waals surface area (Å²) in [5.41, 5.74) is 1.79. The second-order valence-electron chi connectivity index (χ2n) is 4.17. The van der Waals surface area contributed by atoms with Gasteiger partial charge in [-0.15, -0.1) is 0 Å². The van der Waals surface area contributed by atoms with Gasteiger partial charge in [-0.1, -0.05) is 0 Å². The minimum Gasteiger partial charge on any atom is -0.497 e. The normalized spacial score (nSPS) is 10.3. The van der Waals surface area contributed by atoms with Crippen LogP contribution in [0.5, 0.6) is 11.5 Å². The quantitative estimate of drug-likeness (QED) is 0.897. The Hall–Kier alpha value is -2.17. The van der Waals surface area contributed by atoms with E-state index in [1.54, 1.807) is 14.2 Å². The Morgan fingerprint density at radius 3 is 2.58 bits per heavy atom. The van der Waals surface area contributed by atoms with Gasteiger partial charge in [-0.2, -0.15) is 0 Å². The summed E-state index contributed by atoms with van der Waals surface area (Å²) in [4.78, 5) is 4.32. The molecule has 5 heteroatoms. The molecule has 2 aromatic rings. The minimum atomic E-state index is 0.511. The lowest BCUT2D eigenvalue weighted by atomic mass is 10.2. The van der Waals surface area contributed by atoms with Crippen LogP contribution in [0.2, 0.25) is 0 Å². The lowest BCUT2D eigenvalue weighted by Gasteiger charge is -2.11. The zero-order chi connectivity index (χ0) is 13.8. The molecule has 0 spiro atoms. The summed E-state index contributed by atoms with van der Waals surface area (Å²) in [5.74, 6) is 2.98. The number of ether oxygens (including phenoxy) is 2. The SMILES string of the molecule is COc1ccc(NCc2nc(C)c(C)o2)c(OC)c1. The number of nitrogens with zero attached hydrogens (tertiary/aromatic N) is 1. The second-order valence-corrected chi connectivity index (χ2v) is 4.17. The van der Waals surface area contributed by atoms with E-state index in [1.807, 2.05) is 32.0 Å². The number of nitrogens with one attached hydrogen (secondary N) is 1. The highest BCUT2D eigenvalue weighted by Gasteiger charge is 2.08. The molecule has 102 valence electrons. The van der Waals surface area contributed by atoms with Crippen molar-refractivity contribution in [1.82, 2.24) is 4.98 Å². The lowest BCUT2D eigenvalue weighted by molar-refractivity contribution is 0.395. The smallest absolute Gasteiger partial charge is 0.213 e. The van der Waals surface area contributed by atoms with E-state index in [2.05, 4.69) is 10.3 Å². The summed E-state index contributed by atoms with van der Waals surface area (Å²) in [6.45, 7) is 4.34. The highest BCUT2D eigenvalue weighted by atomic mass is 16.5. The Morgan fingerprint density at radius 2 is 2.00 bits per heavy atom. The fourth-order valence-electron chi connectivity index (χ4n) is 1.73. The molecule has 0 fully saturated rings. The lowest BCUT2D eigenvalue weighted by Crippen LogP contribution is -2.02. The third-order valence-corrected chi connectivity index (χ3v) is 2.91. The van der Waals surface area contributed by atoms with Gasteiger partial charge in [-0.25, -0.2) is 4.98 Å². The molecule has 0 amide bonds. The van der Waals surface area contributed by atoms with Gasteiger partial charge in [0.15, 0.2) is 0 Å². The number of aryl methyl sites for hydroxylation is 2. The zero-order valence-corrected chi connectivity index (χ0v) is 11.6. The van der Waals surface area contributed by atoms with Crippen LogP contribution in [-0.4, -0.2) is 19.2 Å². The first-order valence-corrected chi connectivity index (χ1v) is 6.03. The van der Waals surface area contributed by atoms with Crippen LogP contribution in [0, 0.1) is 13.8 Å². The molecule has 1 heterocycles. The maximum atomic E-state index is 5.52. The third-order valence-electron chi connectivity index (χ3n) is 2.91. The summed E-state index contributed by atoms with van der Waals surface area (Å²) in [5, 5.41) is 3.24. The molecule has 0 aliphatic heterocycles. The molecule has 5 nitrogen and oxygen atoms in total. The van der Waals surface area contributed by atoms with Crippen molar-refractivity contribution in [3.05, 3.63) is 35.5 Å². The number of benzene rings is 1. The van der Waals surface area contributed by atoms with Crippen molar-refractivity contribution in [1.29, 1.82) is 0 Å². The van der Waals surface area contributed by atoms with E-state index in [1.165, 1.54) is 0 Å². The second kappa shape index (κ2) is 5.65. The molecule has 0 unspecified atom stereocenters. The van der Waals surface area contributed by atoms with E-state index in [-0.39, 0.29) is 0 Å². The Bertz CT molecular complexity index is 544. The van der Waals surface area contributed by atoms with Crippen molar-refractivity contribution in [3.8, 4) is 11.5 Å². The molecule has 0 bridgehead atoms. The molecule has 19 heavy (non-hydrogen) atoms. The van der Waals surface area contributed by atoms with E-state index < -0.39 is 0 Å². The zero-order valence-electron chi connectivity index (χ0n) is 11.6. The van der Waals surface area contributed by atoms with Gasteiger partial charge in [0.25, 0.3) is 0 Å². The summed E-state index contributed by atoms with van der Waals surface area (Å²) >= 11 is 0. The van der Waals surface area contributed by atoms with Crippen LogP contribution in [0.15, 0.2) is 22.6 Å². The van der Waals surface area contributed by atoms with E-state index in [0.717, 1.165) is 28.6 Å². The van der Waals surface area contributed by atoms with Crippen molar-refractivity contribution >= 4 is 5.69 Å². The van der Waals surface area contributed by atoms with Crippen LogP contribution >= 0.6 is 0 Å².